The van der Waals surface area contributed by atoms with E-state index in [0.29, 0.717) is 4.75 Å². The molecule has 0 saturated carbocycles. The van der Waals surface area contributed by atoms with Gasteiger partial charge in [-0.1, -0.05) is 0 Å². The molecule has 0 aliphatic heterocycles. The van der Waals surface area contributed by atoms with E-state index in [9.17, 15) is 0 Å². The van der Waals surface area contributed by atoms with E-state index in [1.54, 1.807) is 0 Å². The first-order valence-corrected chi connectivity index (χ1v) is 5.39. The summed E-state index contributed by atoms with van der Waals surface area (Å²) in [6.45, 7) is 6.76. The summed E-state index contributed by atoms with van der Waals surface area (Å²) in [5, 5.41) is 0. The molecule has 0 aromatic heterocycles. The molecule has 0 nitrogen and oxygen atoms in total. The zero-order valence-electron chi connectivity index (χ0n) is 8.09. The maximum absolute atomic E-state index is 2.25. The van der Waals surface area contributed by atoms with Gasteiger partial charge in [-0.25, -0.2) is 0 Å². The third-order valence-corrected chi connectivity index (χ3v) is 3.54. The van der Waals surface area contributed by atoms with Crippen molar-refractivity contribution in [2.24, 2.45) is 0 Å². The first-order valence-electron chi connectivity index (χ1n) is 3.79. The fraction of sp³-hybridized carbons (Fsp3) is 0.556. The van der Waals surface area contributed by atoms with Crippen molar-refractivity contribution in [3.63, 3.8) is 0 Å². The third kappa shape index (κ3) is 6.25. The van der Waals surface area contributed by atoms with Crippen molar-refractivity contribution in [3.8, 4) is 0 Å². The Balaban J connectivity index is 0. The molecule has 13 heavy (non-hydrogen) atoms. The van der Waals surface area contributed by atoms with Gasteiger partial charge in [0.15, 0.2) is 0 Å². The van der Waals surface area contributed by atoms with E-state index in [2.05, 4.69) is 53.4 Å². The molecule has 4 heteroatoms. The number of hydrogen-bond donors (Lipinski definition) is 0. The second-order valence-corrected chi connectivity index (χ2v) is 6.47. The second-order valence-electron chi connectivity index (χ2n) is 3.66. The Morgan fingerprint density at radius 1 is 1.31 bits per heavy atom. The molecule has 1 aliphatic carbocycles. The maximum Gasteiger partial charge on any atom is -0.147 e. The number of rotatable bonds is 1. The monoisotopic (exact) mass is 273 g/mol. The van der Waals surface area contributed by atoms with Crippen LogP contribution in [-0.2, 0) is 20.4 Å². The van der Waals surface area contributed by atoms with Crippen LogP contribution < -0.4 is 0 Å². The third-order valence-electron chi connectivity index (χ3n) is 1.30. The van der Waals surface area contributed by atoms with Crippen molar-refractivity contribution in [1.29, 1.82) is 0 Å². The Bertz CT molecular complexity index is 216. The van der Waals surface area contributed by atoms with E-state index in [-0.39, 0.29) is 24.8 Å². The van der Waals surface area contributed by atoms with Gasteiger partial charge in [0.2, 0.25) is 0 Å². The van der Waals surface area contributed by atoms with Gasteiger partial charge < -0.3 is 0 Å². The van der Waals surface area contributed by atoms with Gasteiger partial charge in [0.25, 0.3) is 0 Å². The van der Waals surface area contributed by atoms with Crippen molar-refractivity contribution < 1.29 is 20.4 Å². The summed E-state index contributed by atoms with van der Waals surface area (Å²) in [7, 11) is 0. The smallest absolute Gasteiger partial charge is 0.147 e. The van der Waals surface area contributed by atoms with Gasteiger partial charge in [-0.2, -0.15) is 0 Å². The molecular weight excluding hydrogens is 259 g/mol. The normalized spacial score (nSPS) is 15.2. The van der Waals surface area contributed by atoms with Gasteiger partial charge in [0.1, 0.15) is 0 Å². The number of thioether (sulfide) groups is 1. The van der Waals surface area contributed by atoms with Gasteiger partial charge in [0.05, 0.1) is 0 Å². The Labute approximate surface area is 109 Å². The molecule has 0 atom stereocenters. The second kappa shape index (κ2) is 6.58. The van der Waals surface area contributed by atoms with Gasteiger partial charge in [-0.3, -0.25) is 0 Å². The fourth-order valence-electron chi connectivity index (χ4n) is 0.910. The summed E-state index contributed by atoms with van der Waals surface area (Å²) >= 11 is 4.18. The van der Waals surface area contributed by atoms with E-state index >= 15 is 0 Å². The Kier molecular flexibility index (Phi) is 8.38. The zero-order chi connectivity index (χ0) is 8.48. The molecule has 1 rings (SSSR count). The molecule has 0 radical (unpaired) electrons. The summed E-state index contributed by atoms with van der Waals surface area (Å²) in [6, 6.07) is 0. The molecule has 0 N–H and O–H groups in total. The van der Waals surface area contributed by atoms with Gasteiger partial charge in [-0.15, -0.1) is 24.8 Å². The number of hydrogen-bond acceptors (Lipinski definition) is 1. The first kappa shape index (κ1) is 16.6. The molecule has 75 valence electrons. The summed E-state index contributed by atoms with van der Waals surface area (Å²) < 4.78 is 1.87. The van der Waals surface area contributed by atoms with Crippen LogP contribution in [0.1, 0.15) is 27.2 Å². The van der Waals surface area contributed by atoms with Gasteiger partial charge in [0, 0.05) is 0 Å². The molecule has 0 fully saturated rings. The molecule has 0 amide bonds. The molecule has 0 aromatic rings. The predicted molar refractivity (Wildman–Crippen MR) is 62.6 cm³/mol. The van der Waals surface area contributed by atoms with E-state index < -0.39 is 0 Å². The van der Waals surface area contributed by atoms with Crippen LogP contribution >= 0.6 is 36.6 Å². The largest absolute Gasteiger partial charge is 0.147 e. The summed E-state index contributed by atoms with van der Waals surface area (Å²) in [5.74, 6) is 0. The number of allylic oxidation sites excluding steroid dienone is 3. The van der Waals surface area contributed by atoms with Gasteiger partial charge in [-0.05, 0) is 0 Å². The average Bonchev–Trinajstić information content (AvgIpc) is 2.12. The first-order chi connectivity index (χ1) is 4.99. The molecule has 0 aromatic carbocycles. The van der Waals surface area contributed by atoms with Crippen LogP contribution in [-0.4, -0.2) is 4.75 Å². The SMILES string of the molecule is CC(C)(C)SC1=[C]([Ti])CC=C1.Cl.Cl. The average molecular weight is 274 g/mol. The van der Waals surface area contributed by atoms with Crippen molar-refractivity contribution in [3.05, 3.63) is 20.9 Å². The van der Waals surface area contributed by atoms with Crippen LogP contribution in [0.2, 0.25) is 0 Å². The number of halogens is 2. The summed E-state index contributed by atoms with van der Waals surface area (Å²) in [4.78, 5) is 1.47. The summed E-state index contributed by atoms with van der Waals surface area (Å²) in [5.41, 5.74) is 0. The Morgan fingerprint density at radius 2 is 1.85 bits per heavy atom. The minimum atomic E-state index is 0. The van der Waals surface area contributed by atoms with Crippen LogP contribution in [0.25, 0.3) is 0 Å². The molecule has 0 bridgehead atoms. The predicted octanol–water partition coefficient (Wildman–Crippen LogP) is 4.08. The minimum Gasteiger partial charge on any atom is -0.147 e. The fourth-order valence-corrected chi connectivity index (χ4v) is 2.49. The van der Waals surface area contributed by atoms with Crippen LogP contribution in [0.5, 0.6) is 0 Å². The Morgan fingerprint density at radius 3 is 2.15 bits per heavy atom. The van der Waals surface area contributed by atoms with Crippen LogP contribution in [0.4, 0.5) is 0 Å². The van der Waals surface area contributed by atoms with Crippen molar-refractivity contribution >= 4 is 36.6 Å². The van der Waals surface area contributed by atoms with Crippen molar-refractivity contribution in [1.82, 2.24) is 0 Å². The maximum atomic E-state index is 2.25. The van der Waals surface area contributed by atoms with E-state index in [1.165, 1.54) is 8.78 Å². The quantitative estimate of drug-likeness (QED) is 0.649. The Hall–Kier alpha value is 1.12. The molecule has 0 saturated heterocycles. The van der Waals surface area contributed by atoms with Crippen LogP contribution in [0, 0.1) is 0 Å². The molecular formula is C9H15Cl2STi. The van der Waals surface area contributed by atoms with E-state index in [0.717, 1.165) is 6.42 Å². The molecule has 0 heterocycles. The summed E-state index contributed by atoms with van der Waals surface area (Å²) in [6.07, 6.45) is 5.63. The molecule has 1 aliphatic rings. The van der Waals surface area contributed by atoms with Crippen molar-refractivity contribution in [2.45, 2.75) is 31.9 Å². The zero-order valence-corrected chi connectivity index (χ0v) is 12.1. The van der Waals surface area contributed by atoms with Crippen LogP contribution in [0.15, 0.2) is 20.9 Å². The minimum absolute atomic E-state index is 0. The molecule has 0 unspecified atom stereocenters. The van der Waals surface area contributed by atoms with E-state index in [1.807, 2.05) is 11.8 Å². The van der Waals surface area contributed by atoms with Gasteiger partial charge >= 0.3 is 85.1 Å². The van der Waals surface area contributed by atoms with Crippen molar-refractivity contribution in [2.75, 3.05) is 0 Å². The topological polar surface area (TPSA) is 0 Å². The molecule has 0 spiro atoms. The van der Waals surface area contributed by atoms with E-state index in [4.69, 9.17) is 0 Å². The standard InChI is InChI=1S/C9H13S.2ClH.Ti/c1-9(2,3)10-8-6-4-5-7-8;;;/h4,6H,5H2,1-3H3;2*1H;. The van der Waals surface area contributed by atoms with Crippen LogP contribution in [0.3, 0.4) is 0 Å².